The average Bonchev–Trinajstić information content (AvgIpc) is 3.67. The van der Waals surface area contributed by atoms with Gasteiger partial charge in [-0.2, -0.15) is 5.01 Å². The van der Waals surface area contributed by atoms with Crippen LogP contribution < -0.4 is 4.74 Å². The van der Waals surface area contributed by atoms with Crippen LogP contribution in [0.2, 0.25) is 10.0 Å². The molecule has 2 saturated carbocycles. The Morgan fingerprint density at radius 1 is 0.810 bits per heavy atom. The van der Waals surface area contributed by atoms with E-state index in [9.17, 15) is 24.0 Å². The number of aryl methyl sites for hydroxylation is 1. The molecule has 8 nitrogen and oxygen atoms in total. The molecule has 0 spiro atoms. The van der Waals surface area contributed by atoms with Gasteiger partial charge in [-0.05, 0) is 92.6 Å². The Morgan fingerprint density at radius 2 is 1.38 bits per heavy atom. The molecule has 0 radical (unpaired) electrons. The van der Waals surface area contributed by atoms with Gasteiger partial charge in [0, 0.05) is 11.1 Å². The summed E-state index contributed by atoms with van der Waals surface area (Å²) in [6.45, 7) is 1.35. The monoisotopic (exact) mass is 604 g/mol. The summed E-state index contributed by atoms with van der Waals surface area (Å²) in [5.41, 5.74) is 1.68. The Hall–Kier alpha value is -4.01. The second-order valence-corrected chi connectivity index (χ2v) is 11.9. The molecular weight excluding hydrogens is 579 g/mol. The van der Waals surface area contributed by atoms with Gasteiger partial charge in [0.1, 0.15) is 12.3 Å². The summed E-state index contributed by atoms with van der Waals surface area (Å²) in [5, 5.41) is 2.16. The number of carbonyl (C=O) groups is 5. The van der Waals surface area contributed by atoms with Crippen molar-refractivity contribution in [1.82, 2.24) is 10.0 Å². The van der Waals surface area contributed by atoms with Crippen LogP contribution in [0.5, 0.6) is 5.75 Å². The number of esters is 1. The zero-order chi connectivity index (χ0) is 29.7. The van der Waals surface area contributed by atoms with E-state index in [1.165, 1.54) is 42.5 Å². The maximum Gasteiger partial charge on any atom is 0.343 e. The SMILES string of the molecule is Cc1ccc(C(=O)Oc2ccc(C(=O)CN(C(=O)c3ccc(Cl)c(Cl)c3)N3C(=O)[C@H]4[C@H]5CC[C@@H](C5)[C@@H]4C3=O)cc2)cc1. The predicted octanol–water partition coefficient (Wildman–Crippen LogP) is 5.79. The van der Waals surface area contributed by atoms with Crippen molar-refractivity contribution in [2.45, 2.75) is 26.2 Å². The number of imide groups is 1. The molecule has 3 aromatic carbocycles. The van der Waals surface area contributed by atoms with Crippen LogP contribution in [0.1, 0.15) is 55.9 Å². The zero-order valence-corrected chi connectivity index (χ0v) is 24.1. The lowest BCUT2D eigenvalue weighted by Crippen LogP contribution is -2.52. The fraction of sp³-hybridized carbons (Fsp3) is 0.281. The van der Waals surface area contributed by atoms with Crippen LogP contribution in [0, 0.1) is 30.6 Å². The average molecular weight is 605 g/mol. The van der Waals surface area contributed by atoms with E-state index in [1.807, 2.05) is 6.92 Å². The minimum Gasteiger partial charge on any atom is -0.423 e. The smallest absolute Gasteiger partial charge is 0.343 e. The van der Waals surface area contributed by atoms with Crippen LogP contribution in [-0.2, 0) is 9.59 Å². The standard InChI is InChI=1S/C32H26Cl2N2O6/c1-17-2-4-19(5-3-17)32(41)42-23-11-8-18(9-12-23)26(37)16-35(29(38)22-10-13-24(33)25(34)15-22)36-30(39)27-20-6-7-21(14-20)28(27)31(36)40/h2-5,8-13,15,20-21,27-28H,6-7,14,16H2,1H3/t20-,21-,27-,28-/m0/s1. The number of fused-ring (bicyclic) bond motifs is 5. The van der Waals surface area contributed by atoms with Gasteiger partial charge in [-0.1, -0.05) is 40.9 Å². The first-order valence-electron chi connectivity index (χ1n) is 13.7. The normalized spacial score (nSPS) is 22.3. The number of amides is 3. The summed E-state index contributed by atoms with van der Waals surface area (Å²) in [6, 6.07) is 17.0. The molecule has 214 valence electrons. The lowest BCUT2D eigenvalue weighted by Gasteiger charge is -2.31. The molecule has 2 aliphatic carbocycles. The van der Waals surface area contributed by atoms with Crippen LogP contribution in [-0.4, -0.2) is 46.0 Å². The number of hydrogen-bond acceptors (Lipinski definition) is 6. The molecule has 42 heavy (non-hydrogen) atoms. The summed E-state index contributed by atoms with van der Waals surface area (Å²) in [7, 11) is 0. The summed E-state index contributed by atoms with van der Waals surface area (Å²) in [4.78, 5) is 66.9. The third-order valence-corrected chi connectivity index (χ3v) is 9.25. The number of hydrogen-bond donors (Lipinski definition) is 0. The molecule has 0 aromatic heterocycles. The van der Waals surface area contributed by atoms with Crippen molar-refractivity contribution < 1.29 is 28.7 Å². The van der Waals surface area contributed by atoms with Crippen LogP contribution in [0.15, 0.2) is 66.7 Å². The highest BCUT2D eigenvalue weighted by Gasteiger charge is 2.62. The van der Waals surface area contributed by atoms with Gasteiger partial charge in [0.2, 0.25) is 0 Å². The number of nitrogens with zero attached hydrogens (tertiary/aromatic N) is 2. The molecule has 4 atom stereocenters. The third kappa shape index (κ3) is 4.99. The van der Waals surface area contributed by atoms with Gasteiger partial charge in [-0.3, -0.25) is 19.2 Å². The molecule has 3 aromatic rings. The Bertz CT molecular complexity index is 1590. The number of halogens is 2. The topological polar surface area (TPSA) is 101 Å². The number of ketones is 1. The van der Waals surface area contributed by atoms with E-state index in [0.717, 1.165) is 34.8 Å². The van der Waals surface area contributed by atoms with Gasteiger partial charge in [-0.15, -0.1) is 0 Å². The van der Waals surface area contributed by atoms with Gasteiger partial charge in [0.05, 0.1) is 27.4 Å². The Kier molecular flexibility index (Phi) is 7.37. The highest BCUT2D eigenvalue weighted by atomic mass is 35.5. The van der Waals surface area contributed by atoms with E-state index >= 15 is 0 Å². The summed E-state index contributed by atoms with van der Waals surface area (Å²) >= 11 is 12.2. The first kappa shape index (κ1) is 28.1. The summed E-state index contributed by atoms with van der Waals surface area (Å²) in [5.74, 6) is -3.18. The van der Waals surface area contributed by atoms with E-state index < -0.39 is 47.9 Å². The second kappa shape index (κ2) is 11.0. The first-order chi connectivity index (χ1) is 20.1. The fourth-order valence-corrected chi connectivity index (χ4v) is 6.73. The molecular formula is C32H26Cl2N2O6. The highest BCUT2D eigenvalue weighted by Crippen LogP contribution is 2.56. The molecule has 2 bridgehead atoms. The molecule has 0 unspecified atom stereocenters. The molecule has 3 aliphatic rings. The van der Waals surface area contributed by atoms with Gasteiger partial charge in [-0.25, -0.2) is 9.80 Å². The van der Waals surface area contributed by atoms with Crippen molar-refractivity contribution in [3.05, 3.63) is 99.0 Å². The third-order valence-electron chi connectivity index (χ3n) is 8.51. The molecule has 1 aliphatic heterocycles. The fourth-order valence-electron chi connectivity index (χ4n) is 6.43. The van der Waals surface area contributed by atoms with Crippen molar-refractivity contribution in [1.29, 1.82) is 0 Å². The largest absolute Gasteiger partial charge is 0.423 e. The first-order valence-corrected chi connectivity index (χ1v) is 14.4. The maximum atomic E-state index is 13.8. The minimum atomic E-state index is -0.723. The molecule has 6 rings (SSSR count). The molecule has 10 heteroatoms. The molecule has 3 fully saturated rings. The Balaban J connectivity index is 1.24. The lowest BCUT2D eigenvalue weighted by molar-refractivity contribution is -0.155. The van der Waals surface area contributed by atoms with E-state index in [2.05, 4.69) is 0 Å². The quantitative estimate of drug-likeness (QED) is 0.146. The number of Topliss-reactive ketones (excluding diaryl/α,β-unsaturated/α-hetero) is 1. The van der Waals surface area contributed by atoms with Gasteiger partial charge < -0.3 is 4.74 Å². The van der Waals surface area contributed by atoms with Gasteiger partial charge in [0.15, 0.2) is 5.78 Å². The zero-order valence-electron chi connectivity index (χ0n) is 22.6. The minimum absolute atomic E-state index is 0.0798. The van der Waals surface area contributed by atoms with Gasteiger partial charge >= 0.3 is 5.97 Å². The number of ether oxygens (including phenoxy) is 1. The van der Waals surface area contributed by atoms with Crippen molar-refractivity contribution in [2.75, 3.05) is 6.54 Å². The van der Waals surface area contributed by atoms with Crippen molar-refractivity contribution in [3.8, 4) is 5.75 Å². The molecule has 1 heterocycles. The number of rotatable bonds is 7. The molecule has 1 saturated heterocycles. The van der Waals surface area contributed by atoms with Crippen LogP contribution in [0.3, 0.4) is 0 Å². The van der Waals surface area contributed by atoms with E-state index in [4.69, 9.17) is 27.9 Å². The molecule has 0 N–H and O–H groups in total. The van der Waals surface area contributed by atoms with E-state index in [0.29, 0.717) is 5.56 Å². The Labute approximate surface area is 252 Å². The van der Waals surface area contributed by atoms with Gasteiger partial charge in [0.25, 0.3) is 17.7 Å². The molecule has 3 amide bonds. The predicted molar refractivity (Wildman–Crippen MR) is 154 cm³/mol. The summed E-state index contributed by atoms with van der Waals surface area (Å²) < 4.78 is 5.42. The van der Waals surface area contributed by atoms with Crippen molar-refractivity contribution >= 4 is 52.7 Å². The van der Waals surface area contributed by atoms with Crippen molar-refractivity contribution in [3.63, 3.8) is 0 Å². The van der Waals surface area contributed by atoms with Crippen LogP contribution >= 0.6 is 23.2 Å². The highest BCUT2D eigenvalue weighted by molar-refractivity contribution is 6.42. The van der Waals surface area contributed by atoms with Crippen LogP contribution in [0.25, 0.3) is 0 Å². The van der Waals surface area contributed by atoms with E-state index in [1.54, 1.807) is 24.3 Å². The van der Waals surface area contributed by atoms with Crippen molar-refractivity contribution in [2.24, 2.45) is 23.7 Å². The lowest BCUT2D eigenvalue weighted by atomic mass is 9.81. The Morgan fingerprint density at radius 3 is 1.98 bits per heavy atom. The maximum absolute atomic E-state index is 13.8. The second-order valence-electron chi connectivity index (χ2n) is 11.1. The van der Waals surface area contributed by atoms with Crippen LogP contribution in [0.4, 0.5) is 0 Å². The number of hydrazine groups is 1. The number of benzene rings is 3. The number of carbonyl (C=O) groups excluding carboxylic acids is 5. The van der Waals surface area contributed by atoms with E-state index in [-0.39, 0.29) is 38.8 Å². The summed E-state index contributed by atoms with van der Waals surface area (Å²) in [6.07, 6.45) is 2.58.